The summed E-state index contributed by atoms with van der Waals surface area (Å²) in [5.41, 5.74) is 3.62. The molecule has 0 radical (unpaired) electrons. The van der Waals surface area contributed by atoms with Crippen LogP contribution in [-0.2, 0) is 19.5 Å². The van der Waals surface area contributed by atoms with Gasteiger partial charge in [0, 0.05) is 67.4 Å². The van der Waals surface area contributed by atoms with E-state index >= 15 is 0 Å². The highest BCUT2D eigenvalue weighted by molar-refractivity contribution is 6.31. The second kappa shape index (κ2) is 7.34. The SMILES string of the molecule is O=[N+]([O-])c1ccc(Cl)c(CN2CCc3nc(-c4cncnc4)ncc3C2)c1. The van der Waals surface area contributed by atoms with Crippen LogP contribution in [0.4, 0.5) is 5.69 Å². The number of non-ortho nitro benzene ring substituents is 1. The lowest BCUT2D eigenvalue weighted by Crippen LogP contribution is -2.31. The monoisotopic (exact) mass is 382 g/mol. The molecule has 0 atom stereocenters. The molecule has 3 aromatic rings. The number of halogens is 1. The average molecular weight is 383 g/mol. The normalized spacial score (nSPS) is 14.0. The third kappa shape index (κ3) is 3.76. The summed E-state index contributed by atoms with van der Waals surface area (Å²) in [7, 11) is 0. The molecule has 8 nitrogen and oxygen atoms in total. The summed E-state index contributed by atoms with van der Waals surface area (Å²) in [6.45, 7) is 1.99. The fourth-order valence-corrected chi connectivity index (χ4v) is 3.28. The van der Waals surface area contributed by atoms with Crippen LogP contribution in [0.15, 0.2) is 43.1 Å². The Kier molecular flexibility index (Phi) is 4.74. The molecule has 0 spiro atoms. The third-order valence-electron chi connectivity index (χ3n) is 4.47. The van der Waals surface area contributed by atoms with Gasteiger partial charge in [-0.25, -0.2) is 19.9 Å². The molecule has 0 fully saturated rings. The Labute approximate surface area is 160 Å². The molecule has 0 aliphatic carbocycles. The summed E-state index contributed by atoms with van der Waals surface area (Å²) >= 11 is 6.22. The molecule has 0 bridgehead atoms. The number of fused-ring (bicyclic) bond motifs is 1. The van der Waals surface area contributed by atoms with E-state index in [0.29, 0.717) is 23.9 Å². The van der Waals surface area contributed by atoms with Gasteiger partial charge in [-0.3, -0.25) is 15.0 Å². The van der Waals surface area contributed by atoms with Crippen molar-refractivity contribution in [2.24, 2.45) is 0 Å². The summed E-state index contributed by atoms with van der Waals surface area (Å²) in [5.74, 6) is 0.615. The van der Waals surface area contributed by atoms with Crippen molar-refractivity contribution in [3.63, 3.8) is 0 Å². The second-order valence-corrected chi connectivity index (χ2v) is 6.69. The number of nitro benzene ring substituents is 1. The van der Waals surface area contributed by atoms with E-state index in [-0.39, 0.29) is 5.69 Å². The van der Waals surface area contributed by atoms with Crippen molar-refractivity contribution in [2.45, 2.75) is 19.5 Å². The number of aromatic nitrogens is 4. The van der Waals surface area contributed by atoms with Gasteiger partial charge in [-0.2, -0.15) is 0 Å². The Morgan fingerprint density at radius 1 is 1.22 bits per heavy atom. The molecule has 1 aromatic carbocycles. The van der Waals surface area contributed by atoms with Crippen LogP contribution in [0.25, 0.3) is 11.4 Å². The van der Waals surface area contributed by atoms with Crippen molar-refractivity contribution >= 4 is 17.3 Å². The highest BCUT2D eigenvalue weighted by atomic mass is 35.5. The summed E-state index contributed by atoms with van der Waals surface area (Å²) < 4.78 is 0. The van der Waals surface area contributed by atoms with Gasteiger partial charge in [0.1, 0.15) is 6.33 Å². The molecule has 0 amide bonds. The van der Waals surface area contributed by atoms with Crippen molar-refractivity contribution in [1.29, 1.82) is 0 Å². The van der Waals surface area contributed by atoms with Crippen LogP contribution in [0.1, 0.15) is 16.8 Å². The van der Waals surface area contributed by atoms with E-state index in [2.05, 4.69) is 24.8 Å². The Balaban J connectivity index is 1.52. The van der Waals surface area contributed by atoms with Gasteiger partial charge in [0.2, 0.25) is 0 Å². The standard InChI is InChI=1S/C18H15ClN6O2/c19-16-2-1-15(25(26)27)5-12(16)9-24-4-3-17-14(10-24)8-22-18(23-17)13-6-20-11-21-7-13/h1-2,5-8,11H,3-4,9-10H2. The van der Waals surface area contributed by atoms with Gasteiger partial charge in [-0.1, -0.05) is 11.6 Å². The number of hydrogen-bond donors (Lipinski definition) is 0. The maximum atomic E-state index is 11.0. The molecule has 0 saturated carbocycles. The van der Waals surface area contributed by atoms with Crippen LogP contribution in [0.5, 0.6) is 0 Å². The van der Waals surface area contributed by atoms with Gasteiger partial charge in [-0.15, -0.1) is 0 Å². The lowest BCUT2D eigenvalue weighted by Gasteiger charge is -2.28. The van der Waals surface area contributed by atoms with Gasteiger partial charge >= 0.3 is 0 Å². The quantitative estimate of drug-likeness (QED) is 0.505. The van der Waals surface area contributed by atoms with E-state index in [4.69, 9.17) is 11.6 Å². The molecule has 0 unspecified atom stereocenters. The number of nitrogens with zero attached hydrogens (tertiary/aromatic N) is 6. The van der Waals surface area contributed by atoms with E-state index < -0.39 is 4.92 Å². The van der Waals surface area contributed by atoms with Gasteiger partial charge in [0.05, 0.1) is 16.2 Å². The summed E-state index contributed by atoms with van der Waals surface area (Å²) in [6, 6.07) is 4.52. The van der Waals surface area contributed by atoms with Crippen LogP contribution in [-0.4, -0.2) is 36.3 Å². The number of hydrogen-bond acceptors (Lipinski definition) is 7. The molecule has 1 aliphatic rings. The van der Waals surface area contributed by atoms with Crippen LogP contribution in [0, 0.1) is 10.1 Å². The van der Waals surface area contributed by atoms with Crippen molar-refractivity contribution in [3.8, 4) is 11.4 Å². The Morgan fingerprint density at radius 2 is 2.04 bits per heavy atom. The minimum Gasteiger partial charge on any atom is -0.294 e. The van der Waals surface area contributed by atoms with E-state index in [0.717, 1.165) is 35.3 Å². The fourth-order valence-electron chi connectivity index (χ4n) is 3.10. The largest absolute Gasteiger partial charge is 0.294 e. The van der Waals surface area contributed by atoms with E-state index in [1.165, 1.54) is 18.5 Å². The van der Waals surface area contributed by atoms with Gasteiger partial charge in [0.15, 0.2) is 5.82 Å². The molecule has 136 valence electrons. The Bertz CT molecular complexity index is 998. The molecule has 1 aliphatic heterocycles. The lowest BCUT2D eigenvalue weighted by atomic mass is 10.1. The highest BCUT2D eigenvalue weighted by Gasteiger charge is 2.20. The third-order valence-corrected chi connectivity index (χ3v) is 4.83. The molecule has 0 N–H and O–H groups in total. The number of rotatable bonds is 4. The number of nitro groups is 1. The predicted molar refractivity (Wildman–Crippen MR) is 99.0 cm³/mol. The van der Waals surface area contributed by atoms with Crippen molar-refractivity contribution < 1.29 is 4.92 Å². The van der Waals surface area contributed by atoms with E-state index in [1.807, 2.05) is 6.20 Å². The zero-order valence-corrected chi connectivity index (χ0v) is 15.0. The minimum atomic E-state index is -0.409. The summed E-state index contributed by atoms with van der Waals surface area (Å²) in [6.07, 6.45) is 7.44. The van der Waals surface area contributed by atoms with E-state index in [9.17, 15) is 10.1 Å². The molecule has 27 heavy (non-hydrogen) atoms. The molecule has 2 aromatic heterocycles. The molecule has 4 rings (SSSR count). The smallest absolute Gasteiger partial charge is 0.269 e. The first-order chi connectivity index (χ1) is 13.1. The first-order valence-corrected chi connectivity index (χ1v) is 8.73. The Morgan fingerprint density at radius 3 is 2.81 bits per heavy atom. The van der Waals surface area contributed by atoms with Crippen LogP contribution in [0.3, 0.4) is 0 Å². The van der Waals surface area contributed by atoms with Crippen LogP contribution < -0.4 is 0 Å². The van der Waals surface area contributed by atoms with Crippen LogP contribution in [0.2, 0.25) is 5.02 Å². The van der Waals surface area contributed by atoms with Crippen molar-refractivity contribution in [2.75, 3.05) is 6.54 Å². The van der Waals surface area contributed by atoms with Gasteiger partial charge < -0.3 is 0 Å². The topological polar surface area (TPSA) is 97.9 Å². The molecule has 3 heterocycles. The van der Waals surface area contributed by atoms with Crippen LogP contribution >= 0.6 is 11.6 Å². The van der Waals surface area contributed by atoms with Gasteiger partial charge in [0.25, 0.3) is 5.69 Å². The lowest BCUT2D eigenvalue weighted by molar-refractivity contribution is -0.384. The Hall–Kier alpha value is -2.97. The zero-order valence-electron chi connectivity index (χ0n) is 14.2. The molecular formula is C18H15ClN6O2. The fraction of sp³-hybridized carbons (Fsp3) is 0.222. The molecule has 9 heteroatoms. The maximum absolute atomic E-state index is 11.0. The average Bonchev–Trinajstić information content (AvgIpc) is 2.69. The van der Waals surface area contributed by atoms with Crippen molar-refractivity contribution in [3.05, 3.63) is 75.1 Å². The van der Waals surface area contributed by atoms with E-state index in [1.54, 1.807) is 18.5 Å². The predicted octanol–water partition coefficient (Wildman–Crippen LogP) is 3.05. The van der Waals surface area contributed by atoms with Gasteiger partial charge in [-0.05, 0) is 11.6 Å². The summed E-state index contributed by atoms with van der Waals surface area (Å²) in [5, 5.41) is 11.5. The molecular weight excluding hydrogens is 368 g/mol. The first kappa shape index (κ1) is 17.4. The second-order valence-electron chi connectivity index (χ2n) is 6.29. The van der Waals surface area contributed by atoms with Crippen molar-refractivity contribution in [1.82, 2.24) is 24.8 Å². The summed E-state index contributed by atoms with van der Waals surface area (Å²) in [4.78, 5) is 29.8. The highest BCUT2D eigenvalue weighted by Crippen LogP contribution is 2.26. The molecule has 0 saturated heterocycles. The number of benzene rings is 1. The first-order valence-electron chi connectivity index (χ1n) is 8.35. The minimum absolute atomic E-state index is 0.0462. The maximum Gasteiger partial charge on any atom is 0.269 e. The zero-order chi connectivity index (χ0) is 18.8.